The van der Waals surface area contributed by atoms with Gasteiger partial charge >= 0.3 is 5.97 Å². The summed E-state index contributed by atoms with van der Waals surface area (Å²) in [4.78, 5) is 10.8. The number of aliphatic hydroxyl groups is 1. The first kappa shape index (κ1) is 14.1. The number of carbonyl (C=O) groups is 1. The highest BCUT2D eigenvalue weighted by Gasteiger charge is 2.24. The molecule has 94 valence electrons. The van der Waals surface area contributed by atoms with E-state index in [0.29, 0.717) is 5.56 Å². The van der Waals surface area contributed by atoms with Crippen LogP contribution in [0.4, 0.5) is 4.39 Å². The summed E-state index contributed by atoms with van der Waals surface area (Å²) in [5.41, 5.74) is 0.443. The molecule has 0 aromatic heterocycles. The van der Waals surface area contributed by atoms with E-state index in [2.05, 4.69) is 20.7 Å². The number of hydrogen-bond acceptors (Lipinski definition) is 4. The van der Waals surface area contributed by atoms with Gasteiger partial charge in [0, 0.05) is 7.11 Å². The molecular formula is C11H12BrFO4. The molecule has 2 atom stereocenters. The van der Waals surface area contributed by atoms with Gasteiger partial charge in [0.25, 0.3) is 0 Å². The Morgan fingerprint density at radius 2 is 2.12 bits per heavy atom. The molecule has 0 bridgehead atoms. The summed E-state index contributed by atoms with van der Waals surface area (Å²) >= 11 is 3.18. The van der Waals surface area contributed by atoms with Gasteiger partial charge in [-0.1, -0.05) is 22.0 Å². The van der Waals surface area contributed by atoms with E-state index in [1.165, 1.54) is 26.4 Å². The molecule has 0 heterocycles. The van der Waals surface area contributed by atoms with Crippen LogP contribution in [-0.2, 0) is 9.47 Å². The average Bonchev–Trinajstić information content (AvgIpc) is 2.35. The van der Waals surface area contributed by atoms with Gasteiger partial charge in [-0.05, 0) is 17.7 Å². The first-order valence-corrected chi connectivity index (χ1v) is 5.65. The monoisotopic (exact) mass is 306 g/mol. The summed E-state index contributed by atoms with van der Waals surface area (Å²) in [6.45, 7) is 0. The van der Waals surface area contributed by atoms with E-state index in [0.717, 1.165) is 6.07 Å². The zero-order valence-corrected chi connectivity index (χ0v) is 10.9. The Morgan fingerprint density at radius 1 is 1.47 bits per heavy atom. The highest BCUT2D eigenvalue weighted by Crippen LogP contribution is 2.30. The van der Waals surface area contributed by atoms with Crippen molar-refractivity contribution in [3.05, 3.63) is 35.1 Å². The molecule has 0 amide bonds. The van der Waals surface area contributed by atoms with Crippen molar-refractivity contribution in [2.24, 2.45) is 0 Å². The fraction of sp³-hybridized carbons (Fsp3) is 0.364. The second-order valence-electron chi connectivity index (χ2n) is 3.25. The van der Waals surface area contributed by atoms with Crippen LogP contribution in [0, 0.1) is 5.82 Å². The minimum atomic E-state index is -1.15. The fourth-order valence-corrected chi connectivity index (χ4v) is 1.94. The Morgan fingerprint density at radius 3 is 2.65 bits per heavy atom. The molecule has 0 radical (unpaired) electrons. The largest absolute Gasteiger partial charge is 0.465 e. The molecule has 0 saturated carbocycles. The molecule has 0 spiro atoms. The molecule has 1 N–H and O–H groups in total. The molecule has 1 rings (SSSR count). The number of hydrogen-bond donors (Lipinski definition) is 1. The lowest BCUT2D eigenvalue weighted by Crippen LogP contribution is -2.18. The van der Waals surface area contributed by atoms with Crippen molar-refractivity contribution in [2.45, 2.75) is 11.1 Å². The highest BCUT2D eigenvalue weighted by atomic mass is 79.9. The fourth-order valence-electron chi connectivity index (χ4n) is 1.33. The molecule has 0 saturated heterocycles. The van der Waals surface area contributed by atoms with Crippen LogP contribution in [0.2, 0.25) is 0 Å². The SMILES string of the molecule is COC(=O)c1cc(F)ccc1C(Br)C(O)OC. The van der Waals surface area contributed by atoms with Crippen LogP contribution in [0.5, 0.6) is 0 Å². The predicted octanol–water partition coefficient (Wildman–Crippen LogP) is 2.01. The molecule has 0 aliphatic heterocycles. The van der Waals surface area contributed by atoms with Gasteiger partial charge in [0.15, 0.2) is 6.29 Å². The highest BCUT2D eigenvalue weighted by molar-refractivity contribution is 9.09. The quantitative estimate of drug-likeness (QED) is 0.525. The number of esters is 1. The number of alkyl halides is 1. The van der Waals surface area contributed by atoms with E-state index in [-0.39, 0.29) is 5.56 Å². The van der Waals surface area contributed by atoms with Crippen LogP contribution < -0.4 is 0 Å². The van der Waals surface area contributed by atoms with Crippen molar-refractivity contribution in [1.82, 2.24) is 0 Å². The van der Waals surface area contributed by atoms with Gasteiger partial charge in [-0.2, -0.15) is 0 Å². The summed E-state index contributed by atoms with van der Waals surface area (Å²) in [6, 6.07) is 3.64. The van der Waals surface area contributed by atoms with E-state index in [4.69, 9.17) is 4.74 Å². The smallest absolute Gasteiger partial charge is 0.338 e. The Bertz CT molecular complexity index is 410. The van der Waals surface area contributed by atoms with E-state index in [1.54, 1.807) is 0 Å². The zero-order valence-electron chi connectivity index (χ0n) is 9.31. The molecule has 4 nitrogen and oxygen atoms in total. The summed E-state index contributed by atoms with van der Waals surface area (Å²) in [5.74, 6) is -1.23. The number of ether oxygens (including phenoxy) is 2. The van der Waals surface area contributed by atoms with E-state index in [1.807, 2.05) is 0 Å². The molecule has 2 unspecified atom stereocenters. The Hall–Kier alpha value is -0.980. The van der Waals surface area contributed by atoms with Gasteiger partial charge < -0.3 is 14.6 Å². The first-order chi connectivity index (χ1) is 8.01. The normalized spacial score (nSPS) is 14.2. The lowest BCUT2D eigenvalue weighted by atomic mass is 10.0. The number of halogens is 2. The first-order valence-electron chi connectivity index (χ1n) is 4.74. The maximum Gasteiger partial charge on any atom is 0.338 e. The molecule has 1 aromatic rings. The van der Waals surface area contributed by atoms with E-state index < -0.39 is 22.9 Å². The average molecular weight is 307 g/mol. The summed E-state index contributed by atoms with van der Waals surface area (Å²) in [6.07, 6.45) is -1.15. The third-order valence-electron chi connectivity index (χ3n) is 2.21. The standard InChI is InChI=1S/C11H12BrFO4/c1-16-10(14)8-5-6(13)3-4-7(8)9(12)11(15)17-2/h3-5,9,11,15H,1-2H3. The Balaban J connectivity index is 3.18. The van der Waals surface area contributed by atoms with Crippen LogP contribution in [0.15, 0.2) is 18.2 Å². The van der Waals surface area contributed by atoms with Crippen molar-refractivity contribution in [3.8, 4) is 0 Å². The van der Waals surface area contributed by atoms with Crippen molar-refractivity contribution >= 4 is 21.9 Å². The van der Waals surface area contributed by atoms with Crippen molar-refractivity contribution in [3.63, 3.8) is 0 Å². The van der Waals surface area contributed by atoms with Gasteiger partial charge in [0.2, 0.25) is 0 Å². The summed E-state index contributed by atoms with van der Waals surface area (Å²) < 4.78 is 22.3. The van der Waals surface area contributed by atoms with E-state index >= 15 is 0 Å². The summed E-state index contributed by atoms with van der Waals surface area (Å²) in [7, 11) is 2.52. The Kier molecular flexibility index (Phi) is 5.04. The maximum absolute atomic E-state index is 13.1. The van der Waals surface area contributed by atoms with Crippen LogP contribution >= 0.6 is 15.9 Å². The molecule has 17 heavy (non-hydrogen) atoms. The van der Waals surface area contributed by atoms with Crippen LogP contribution in [0.3, 0.4) is 0 Å². The van der Waals surface area contributed by atoms with Gasteiger partial charge in [0.1, 0.15) is 5.82 Å². The second-order valence-corrected chi connectivity index (χ2v) is 4.24. The predicted molar refractivity (Wildman–Crippen MR) is 62.4 cm³/mol. The number of benzene rings is 1. The van der Waals surface area contributed by atoms with Crippen molar-refractivity contribution < 1.29 is 23.8 Å². The van der Waals surface area contributed by atoms with Gasteiger partial charge in [0.05, 0.1) is 17.5 Å². The summed E-state index contributed by atoms with van der Waals surface area (Å²) in [5, 5.41) is 9.51. The number of aliphatic hydroxyl groups excluding tert-OH is 1. The molecule has 0 aliphatic rings. The number of methoxy groups -OCH3 is 2. The Labute approximate surface area is 106 Å². The third-order valence-corrected chi connectivity index (χ3v) is 3.16. The lowest BCUT2D eigenvalue weighted by molar-refractivity contribution is -0.0729. The molecular weight excluding hydrogens is 295 g/mol. The third kappa shape index (κ3) is 3.24. The minimum absolute atomic E-state index is 0.0467. The van der Waals surface area contributed by atoms with Crippen LogP contribution in [0.25, 0.3) is 0 Å². The van der Waals surface area contributed by atoms with Gasteiger partial charge in [-0.25, -0.2) is 9.18 Å². The van der Waals surface area contributed by atoms with Crippen LogP contribution in [0.1, 0.15) is 20.7 Å². The molecule has 0 fully saturated rings. The molecule has 1 aromatic carbocycles. The second kappa shape index (κ2) is 6.09. The molecule has 6 heteroatoms. The maximum atomic E-state index is 13.1. The van der Waals surface area contributed by atoms with Crippen LogP contribution in [-0.4, -0.2) is 31.6 Å². The van der Waals surface area contributed by atoms with Gasteiger partial charge in [-0.3, -0.25) is 0 Å². The van der Waals surface area contributed by atoms with Gasteiger partial charge in [-0.15, -0.1) is 0 Å². The van der Waals surface area contributed by atoms with Crippen molar-refractivity contribution in [1.29, 1.82) is 0 Å². The minimum Gasteiger partial charge on any atom is -0.465 e. The van der Waals surface area contributed by atoms with E-state index in [9.17, 15) is 14.3 Å². The number of carbonyl (C=O) groups excluding carboxylic acids is 1. The topological polar surface area (TPSA) is 55.8 Å². The number of rotatable bonds is 4. The lowest BCUT2D eigenvalue weighted by Gasteiger charge is -2.18. The molecule has 0 aliphatic carbocycles. The van der Waals surface area contributed by atoms with Crippen molar-refractivity contribution in [2.75, 3.05) is 14.2 Å². The zero-order chi connectivity index (χ0) is 13.0.